The third-order valence-electron chi connectivity index (χ3n) is 11.4. The molecule has 272 valence electrons. The maximum absolute atomic E-state index is 13.9. The fourth-order valence-corrected chi connectivity index (χ4v) is 9.14. The topological polar surface area (TPSA) is 167 Å². The van der Waals surface area contributed by atoms with E-state index in [0.717, 1.165) is 16.0 Å². The molecule has 5 aliphatic heterocycles. The average Bonchev–Trinajstić information content (AvgIpc) is 3.70. The molecule has 0 unspecified atom stereocenters. The Hall–Kier alpha value is -5.18. The van der Waals surface area contributed by atoms with Crippen molar-refractivity contribution in [2.75, 3.05) is 27.5 Å². The Morgan fingerprint density at radius 1 is 1.02 bits per heavy atom. The lowest BCUT2D eigenvalue weighted by Gasteiger charge is -2.60. The number of hydrogen-bond donors (Lipinski definition) is 3. The van der Waals surface area contributed by atoms with Crippen LogP contribution in [0.15, 0.2) is 30.3 Å². The van der Waals surface area contributed by atoms with Crippen molar-refractivity contribution in [2.24, 2.45) is 0 Å². The Kier molecular flexibility index (Phi) is 7.97. The first-order valence-corrected chi connectivity index (χ1v) is 17.3. The number of carbonyl (C=O) groups is 4. The fourth-order valence-electron chi connectivity index (χ4n) is 9.14. The van der Waals surface area contributed by atoms with E-state index in [-0.39, 0.29) is 36.6 Å². The van der Waals surface area contributed by atoms with Gasteiger partial charge in [0.05, 0.1) is 36.4 Å². The van der Waals surface area contributed by atoms with E-state index in [1.807, 2.05) is 24.9 Å². The highest BCUT2D eigenvalue weighted by Gasteiger charge is 2.56. The Labute approximate surface area is 299 Å². The number of aliphatic hydroxyl groups excluding tert-OH is 1. The summed E-state index contributed by atoms with van der Waals surface area (Å²) in [7, 11) is 3.43. The first-order valence-electron chi connectivity index (χ1n) is 17.3. The first kappa shape index (κ1) is 33.9. The molecule has 3 N–H and O–H groups in total. The van der Waals surface area contributed by atoms with Crippen LogP contribution in [0.2, 0.25) is 0 Å². The summed E-state index contributed by atoms with van der Waals surface area (Å²) in [5, 5.41) is 27.0. The number of ether oxygens (including phenoxy) is 4. The van der Waals surface area contributed by atoms with E-state index >= 15 is 0 Å². The largest absolute Gasteiger partial charge is 0.504 e. The van der Waals surface area contributed by atoms with Crippen LogP contribution in [-0.4, -0.2) is 100 Å². The highest BCUT2D eigenvalue weighted by atomic mass is 16.7. The number of benzene rings is 3. The number of esters is 1. The van der Waals surface area contributed by atoms with E-state index in [1.54, 1.807) is 31.2 Å². The van der Waals surface area contributed by atoms with Crippen LogP contribution >= 0.6 is 0 Å². The number of phenols is 1. The molecular weight excluding hydrogens is 672 g/mol. The molecule has 52 heavy (non-hydrogen) atoms. The molecule has 1 saturated heterocycles. The molecule has 2 bridgehead atoms. The molecule has 0 aromatic heterocycles. The Bertz CT molecular complexity index is 2050. The van der Waals surface area contributed by atoms with Crippen LogP contribution in [-0.2, 0) is 22.4 Å². The third-order valence-corrected chi connectivity index (χ3v) is 11.4. The minimum atomic E-state index is -1.15. The molecule has 14 nitrogen and oxygen atoms in total. The number of methoxy groups -OCH3 is 1. The van der Waals surface area contributed by atoms with Gasteiger partial charge in [-0.25, -0.2) is 0 Å². The van der Waals surface area contributed by atoms with Crippen LogP contribution in [0, 0.1) is 13.8 Å². The first-order chi connectivity index (χ1) is 24.8. The summed E-state index contributed by atoms with van der Waals surface area (Å²) < 4.78 is 23.5. The van der Waals surface area contributed by atoms with Gasteiger partial charge in [-0.05, 0) is 63.9 Å². The Morgan fingerprint density at radius 2 is 1.69 bits per heavy atom. The molecule has 1 fully saturated rings. The lowest BCUT2D eigenvalue weighted by molar-refractivity contribution is -0.172. The van der Waals surface area contributed by atoms with Gasteiger partial charge in [-0.3, -0.25) is 33.9 Å². The van der Waals surface area contributed by atoms with Gasteiger partial charge in [0.15, 0.2) is 23.0 Å². The number of aromatic hydroxyl groups is 1. The smallest absolute Gasteiger partial charge is 0.308 e. The summed E-state index contributed by atoms with van der Waals surface area (Å²) in [4.78, 5) is 57.9. The second-order valence-corrected chi connectivity index (χ2v) is 14.1. The fraction of sp³-hybridized carbons (Fsp3) is 0.421. The molecular formula is C38H40N4O10. The van der Waals surface area contributed by atoms with Gasteiger partial charge in [0.25, 0.3) is 11.8 Å². The second kappa shape index (κ2) is 12.2. The van der Waals surface area contributed by atoms with Crippen molar-refractivity contribution in [2.45, 2.75) is 77.0 Å². The van der Waals surface area contributed by atoms with Crippen LogP contribution in [0.3, 0.4) is 0 Å². The quantitative estimate of drug-likeness (QED) is 0.195. The van der Waals surface area contributed by atoms with Gasteiger partial charge in [0.2, 0.25) is 12.7 Å². The number of piperazine rings is 1. The van der Waals surface area contributed by atoms with Crippen LogP contribution in [0.1, 0.15) is 80.0 Å². The van der Waals surface area contributed by atoms with Gasteiger partial charge in [-0.15, -0.1) is 0 Å². The van der Waals surface area contributed by atoms with Crippen molar-refractivity contribution in [3.8, 4) is 28.7 Å². The Morgan fingerprint density at radius 3 is 2.35 bits per heavy atom. The predicted molar refractivity (Wildman–Crippen MR) is 183 cm³/mol. The van der Waals surface area contributed by atoms with E-state index in [9.17, 15) is 29.4 Å². The predicted octanol–water partition coefficient (Wildman–Crippen LogP) is 2.67. The molecule has 3 aromatic carbocycles. The average molecular weight is 713 g/mol. The number of hydrogen-bond acceptors (Lipinski definition) is 12. The number of nitrogens with one attached hydrogen (secondary N) is 1. The van der Waals surface area contributed by atoms with Gasteiger partial charge in [-0.2, -0.15) is 0 Å². The Balaban J connectivity index is 1.24. The summed E-state index contributed by atoms with van der Waals surface area (Å²) in [6.45, 7) is 6.30. The second-order valence-electron chi connectivity index (χ2n) is 14.1. The minimum absolute atomic E-state index is 0.0247. The van der Waals surface area contributed by atoms with Gasteiger partial charge in [0, 0.05) is 41.8 Å². The minimum Gasteiger partial charge on any atom is -0.504 e. The molecule has 0 aliphatic carbocycles. The standard InChI is InChI=1S/C38H40N4O10/c1-16-11-20-12-25-38(48)42-24(29(40(25)5)27(20)30(44)31(16)49-6)13-23-28(34-33(50-15-51-34)17(2)32(23)52-19(4)43)26(42)14-39-35(45)18(3)41-36(46)21-9-7-8-10-22(21)37(41)47/h7-11,18,24-26,29,38,44,48H,12-15H2,1-6H3,(H,39,45)/t18-,24-,25-,26-,29-,38+/m0/s1. The van der Waals surface area contributed by atoms with Gasteiger partial charge in [0.1, 0.15) is 18.0 Å². The van der Waals surface area contributed by atoms with E-state index in [1.165, 1.54) is 21.0 Å². The molecule has 8 rings (SSSR count). The van der Waals surface area contributed by atoms with E-state index < -0.39 is 60.1 Å². The number of aryl methyl sites for hydroxylation is 1. The van der Waals surface area contributed by atoms with Crippen LogP contribution in [0.4, 0.5) is 0 Å². The van der Waals surface area contributed by atoms with E-state index in [0.29, 0.717) is 51.7 Å². The third kappa shape index (κ3) is 4.73. The summed E-state index contributed by atoms with van der Waals surface area (Å²) in [5.74, 6) is -0.697. The van der Waals surface area contributed by atoms with Crippen molar-refractivity contribution in [1.82, 2.24) is 20.0 Å². The zero-order valence-electron chi connectivity index (χ0n) is 29.7. The summed E-state index contributed by atoms with van der Waals surface area (Å²) in [6, 6.07) is 5.16. The molecule has 3 amide bonds. The summed E-state index contributed by atoms with van der Waals surface area (Å²) in [6.07, 6.45) is -0.346. The molecule has 3 aromatic rings. The number of amides is 3. The van der Waals surface area contributed by atoms with Gasteiger partial charge < -0.3 is 34.5 Å². The molecule has 0 spiro atoms. The number of likely N-dealkylation sites (N-methyl/N-ethyl adjacent to an activating group) is 1. The normalized spacial score (nSPS) is 24.8. The summed E-state index contributed by atoms with van der Waals surface area (Å²) in [5.41, 5.74) is 4.64. The monoisotopic (exact) mass is 712 g/mol. The number of phenolic OH excluding ortho intramolecular Hbond substituents is 1. The van der Waals surface area contributed by atoms with Crippen molar-refractivity contribution >= 4 is 23.7 Å². The number of fused-ring (bicyclic) bond motifs is 10. The molecule has 0 saturated carbocycles. The van der Waals surface area contributed by atoms with Crippen LogP contribution in [0.25, 0.3) is 0 Å². The highest BCUT2D eigenvalue weighted by molar-refractivity contribution is 6.22. The zero-order valence-corrected chi connectivity index (χ0v) is 29.7. The van der Waals surface area contributed by atoms with Crippen molar-refractivity contribution < 1.29 is 48.3 Å². The van der Waals surface area contributed by atoms with E-state index in [4.69, 9.17) is 18.9 Å². The van der Waals surface area contributed by atoms with Crippen molar-refractivity contribution in [1.29, 1.82) is 0 Å². The lowest BCUT2D eigenvalue weighted by atomic mass is 9.73. The molecule has 5 heterocycles. The van der Waals surface area contributed by atoms with Crippen molar-refractivity contribution in [3.63, 3.8) is 0 Å². The molecule has 5 aliphatic rings. The number of nitrogens with zero attached hydrogens (tertiary/aromatic N) is 3. The zero-order chi connectivity index (χ0) is 36.9. The summed E-state index contributed by atoms with van der Waals surface area (Å²) >= 11 is 0. The van der Waals surface area contributed by atoms with Crippen LogP contribution < -0.4 is 24.3 Å². The van der Waals surface area contributed by atoms with Crippen molar-refractivity contribution in [3.05, 3.63) is 74.8 Å². The van der Waals surface area contributed by atoms with Gasteiger partial charge in [-0.1, -0.05) is 18.2 Å². The molecule has 0 radical (unpaired) electrons. The number of imide groups is 1. The van der Waals surface area contributed by atoms with E-state index in [2.05, 4.69) is 10.2 Å². The van der Waals surface area contributed by atoms with Gasteiger partial charge >= 0.3 is 5.97 Å². The van der Waals surface area contributed by atoms with Crippen LogP contribution in [0.5, 0.6) is 28.7 Å². The highest BCUT2D eigenvalue weighted by Crippen LogP contribution is 2.58. The lowest BCUT2D eigenvalue weighted by Crippen LogP contribution is -2.69. The SMILES string of the molecule is COc1c(C)cc2c(c1O)[C@@H]1[C@@H]3Cc4c(OC(C)=O)c(C)c5c(c4[C@H](CNC(=O)[C@H](C)N4C(=O)c6ccccc6C4=O)N3[C@H](O)[C@H](C2)N1C)OCO5. The maximum Gasteiger partial charge on any atom is 0.308 e. The molecule has 14 heteroatoms. The maximum atomic E-state index is 13.9. The molecule has 6 atom stereocenters. The number of carbonyl (C=O) groups excluding carboxylic acids is 4. The number of rotatable bonds is 6. The number of aliphatic hydroxyl groups is 1.